The molecule has 2 aromatic carbocycles. The number of benzene rings is 2. The van der Waals surface area contributed by atoms with Gasteiger partial charge in [0.15, 0.2) is 17.5 Å². The lowest BCUT2D eigenvalue weighted by molar-refractivity contribution is 0.198. The minimum atomic E-state index is -0.614. The Kier molecular flexibility index (Phi) is 9.66. The number of piperidine rings is 1. The Morgan fingerprint density at radius 3 is 2.52 bits per heavy atom. The molecule has 0 radical (unpaired) electrons. The molecule has 7 heteroatoms. The molecule has 1 aliphatic heterocycles. The average Bonchev–Trinajstić information content (AvgIpc) is 2.71. The molecular formula is C22H30FIN4O. The van der Waals surface area contributed by atoms with Crippen molar-refractivity contribution in [2.24, 2.45) is 4.99 Å². The van der Waals surface area contributed by atoms with Crippen LogP contribution in [0, 0.1) is 5.82 Å². The number of phenolic OH excluding ortho intramolecular Hbond substituents is 1. The van der Waals surface area contributed by atoms with Gasteiger partial charge in [-0.25, -0.2) is 9.38 Å². The van der Waals surface area contributed by atoms with Crippen molar-refractivity contribution >= 4 is 29.9 Å². The molecule has 0 amide bonds. The smallest absolute Gasteiger partial charge is 0.191 e. The number of rotatable bonds is 6. The van der Waals surface area contributed by atoms with E-state index in [4.69, 9.17) is 0 Å². The number of aromatic hydroxyl groups is 1. The third-order valence-electron chi connectivity index (χ3n) is 4.95. The molecule has 3 N–H and O–H groups in total. The Labute approximate surface area is 189 Å². The molecule has 1 heterocycles. The summed E-state index contributed by atoms with van der Waals surface area (Å²) in [6.45, 7) is 6.25. The van der Waals surface area contributed by atoms with E-state index in [9.17, 15) is 9.50 Å². The molecule has 1 fully saturated rings. The topological polar surface area (TPSA) is 59.9 Å². The standard InChI is InChI=1S/C22H29FN4O.HI/c1-2-24-22(25-15-18-8-9-21(28)20(23)14-18)26-19-10-12-27(13-11-19)16-17-6-4-3-5-7-17;/h3-9,14,19,28H,2,10-13,15-16H2,1H3,(H2,24,25,26);1H. The molecule has 158 valence electrons. The van der Waals surface area contributed by atoms with E-state index in [1.165, 1.54) is 17.7 Å². The fraction of sp³-hybridized carbons (Fsp3) is 0.409. The summed E-state index contributed by atoms with van der Waals surface area (Å²) in [4.78, 5) is 7.05. The number of hydrogen-bond acceptors (Lipinski definition) is 3. The Morgan fingerprint density at radius 1 is 1.14 bits per heavy atom. The van der Waals surface area contributed by atoms with Crippen LogP contribution in [0.2, 0.25) is 0 Å². The SMILES string of the molecule is CCNC(=NCc1ccc(O)c(F)c1)NC1CCN(Cc2ccccc2)CC1.I. The number of likely N-dealkylation sites (tertiary alicyclic amines) is 1. The molecule has 1 aliphatic rings. The van der Waals surface area contributed by atoms with Gasteiger partial charge in [-0.05, 0) is 43.0 Å². The molecule has 29 heavy (non-hydrogen) atoms. The van der Waals surface area contributed by atoms with Crippen LogP contribution in [0.15, 0.2) is 53.5 Å². The van der Waals surface area contributed by atoms with Crippen molar-refractivity contribution in [1.82, 2.24) is 15.5 Å². The second-order valence-corrected chi connectivity index (χ2v) is 7.16. The second kappa shape index (κ2) is 12.0. The van der Waals surface area contributed by atoms with Crippen molar-refractivity contribution in [1.29, 1.82) is 0 Å². The lowest BCUT2D eigenvalue weighted by Gasteiger charge is -2.33. The van der Waals surface area contributed by atoms with Gasteiger partial charge in [0.1, 0.15) is 0 Å². The monoisotopic (exact) mass is 512 g/mol. The number of halogens is 2. The zero-order valence-corrected chi connectivity index (χ0v) is 19.1. The van der Waals surface area contributed by atoms with Crippen LogP contribution in [0.3, 0.4) is 0 Å². The predicted octanol–water partition coefficient (Wildman–Crippen LogP) is 3.87. The van der Waals surface area contributed by atoms with E-state index >= 15 is 0 Å². The molecule has 0 unspecified atom stereocenters. The summed E-state index contributed by atoms with van der Waals surface area (Å²) in [5.41, 5.74) is 2.08. The van der Waals surface area contributed by atoms with E-state index in [0.29, 0.717) is 12.6 Å². The summed E-state index contributed by atoms with van der Waals surface area (Å²) in [6, 6.07) is 15.3. The van der Waals surface area contributed by atoms with Crippen molar-refractivity contribution in [2.45, 2.75) is 38.9 Å². The highest BCUT2D eigenvalue weighted by atomic mass is 127. The van der Waals surface area contributed by atoms with Crippen molar-refractivity contribution in [2.75, 3.05) is 19.6 Å². The quantitative estimate of drug-likeness (QED) is 0.313. The molecule has 0 aliphatic carbocycles. The number of guanidine groups is 1. The third-order valence-corrected chi connectivity index (χ3v) is 4.95. The van der Waals surface area contributed by atoms with Gasteiger partial charge in [-0.1, -0.05) is 36.4 Å². The molecule has 0 spiro atoms. The van der Waals surface area contributed by atoms with Gasteiger partial charge in [0, 0.05) is 32.2 Å². The predicted molar refractivity (Wildman–Crippen MR) is 126 cm³/mol. The maximum atomic E-state index is 13.5. The van der Waals surface area contributed by atoms with Crippen LogP contribution in [-0.4, -0.2) is 41.6 Å². The Hall–Kier alpha value is -1.87. The zero-order valence-electron chi connectivity index (χ0n) is 16.8. The number of nitrogens with one attached hydrogen (secondary N) is 2. The third kappa shape index (κ3) is 7.47. The first-order valence-electron chi connectivity index (χ1n) is 9.92. The lowest BCUT2D eigenvalue weighted by Crippen LogP contribution is -2.48. The van der Waals surface area contributed by atoms with Gasteiger partial charge in [0.2, 0.25) is 0 Å². The van der Waals surface area contributed by atoms with Crippen molar-refractivity contribution in [3.8, 4) is 5.75 Å². The van der Waals surface area contributed by atoms with Gasteiger partial charge in [0.25, 0.3) is 0 Å². The van der Waals surface area contributed by atoms with Crippen LogP contribution in [-0.2, 0) is 13.1 Å². The van der Waals surface area contributed by atoms with Crippen molar-refractivity contribution in [3.63, 3.8) is 0 Å². The maximum absolute atomic E-state index is 13.5. The number of hydrogen-bond donors (Lipinski definition) is 3. The zero-order chi connectivity index (χ0) is 19.8. The second-order valence-electron chi connectivity index (χ2n) is 7.16. The summed E-state index contributed by atoms with van der Waals surface area (Å²) in [5.74, 6) is -0.200. The normalized spacial score (nSPS) is 15.6. The van der Waals surface area contributed by atoms with Crippen LogP contribution in [0.4, 0.5) is 4.39 Å². The van der Waals surface area contributed by atoms with Crippen LogP contribution in [0.1, 0.15) is 30.9 Å². The summed E-state index contributed by atoms with van der Waals surface area (Å²) < 4.78 is 13.5. The van der Waals surface area contributed by atoms with Crippen molar-refractivity contribution in [3.05, 3.63) is 65.5 Å². The van der Waals surface area contributed by atoms with E-state index in [-0.39, 0.29) is 29.7 Å². The van der Waals surface area contributed by atoms with Gasteiger partial charge >= 0.3 is 0 Å². The minimum absolute atomic E-state index is 0. The Morgan fingerprint density at radius 2 is 1.86 bits per heavy atom. The molecular weight excluding hydrogens is 482 g/mol. The Bertz CT molecular complexity index is 780. The van der Waals surface area contributed by atoms with E-state index in [1.54, 1.807) is 6.07 Å². The first-order chi connectivity index (χ1) is 13.6. The first kappa shape index (κ1) is 23.4. The van der Waals surface area contributed by atoms with Crippen LogP contribution < -0.4 is 10.6 Å². The number of aliphatic imine (C=N–C) groups is 1. The van der Waals surface area contributed by atoms with E-state index in [2.05, 4.69) is 44.8 Å². The molecule has 0 aromatic heterocycles. The molecule has 2 aromatic rings. The summed E-state index contributed by atoms with van der Waals surface area (Å²) in [6.07, 6.45) is 2.12. The van der Waals surface area contributed by atoms with E-state index in [0.717, 1.165) is 50.5 Å². The molecule has 1 saturated heterocycles. The largest absolute Gasteiger partial charge is 0.505 e. The van der Waals surface area contributed by atoms with Crippen LogP contribution >= 0.6 is 24.0 Å². The molecule has 0 saturated carbocycles. The average molecular weight is 512 g/mol. The fourth-order valence-electron chi connectivity index (χ4n) is 3.41. The summed E-state index contributed by atoms with van der Waals surface area (Å²) in [7, 11) is 0. The van der Waals surface area contributed by atoms with E-state index in [1.807, 2.05) is 13.0 Å². The summed E-state index contributed by atoms with van der Waals surface area (Å²) >= 11 is 0. The maximum Gasteiger partial charge on any atom is 0.191 e. The van der Waals surface area contributed by atoms with Crippen molar-refractivity contribution < 1.29 is 9.50 Å². The molecule has 0 bridgehead atoms. The molecule has 0 atom stereocenters. The molecule has 3 rings (SSSR count). The highest BCUT2D eigenvalue weighted by Gasteiger charge is 2.20. The van der Waals surface area contributed by atoms with Crippen LogP contribution in [0.5, 0.6) is 5.75 Å². The summed E-state index contributed by atoms with van der Waals surface area (Å²) in [5, 5.41) is 16.1. The lowest BCUT2D eigenvalue weighted by atomic mass is 10.0. The minimum Gasteiger partial charge on any atom is -0.505 e. The van der Waals surface area contributed by atoms with Gasteiger partial charge in [-0.2, -0.15) is 0 Å². The van der Waals surface area contributed by atoms with Crippen LogP contribution in [0.25, 0.3) is 0 Å². The Balaban J connectivity index is 0.00000300. The van der Waals surface area contributed by atoms with Gasteiger partial charge < -0.3 is 15.7 Å². The number of nitrogens with zero attached hydrogens (tertiary/aromatic N) is 2. The fourth-order valence-corrected chi connectivity index (χ4v) is 3.41. The van der Waals surface area contributed by atoms with Gasteiger partial charge in [-0.3, -0.25) is 4.90 Å². The highest BCUT2D eigenvalue weighted by Crippen LogP contribution is 2.17. The molecule has 5 nitrogen and oxygen atoms in total. The number of phenols is 1. The first-order valence-corrected chi connectivity index (χ1v) is 9.92. The van der Waals surface area contributed by atoms with E-state index < -0.39 is 5.82 Å². The van der Waals surface area contributed by atoms with Gasteiger partial charge in [-0.15, -0.1) is 24.0 Å². The van der Waals surface area contributed by atoms with Gasteiger partial charge in [0.05, 0.1) is 6.54 Å². The highest BCUT2D eigenvalue weighted by molar-refractivity contribution is 14.0.